The van der Waals surface area contributed by atoms with Gasteiger partial charge >= 0.3 is 0 Å². The number of benzene rings is 1. The van der Waals surface area contributed by atoms with Crippen molar-refractivity contribution in [3.63, 3.8) is 0 Å². The van der Waals surface area contributed by atoms with Crippen LogP contribution in [0.5, 0.6) is 0 Å². The van der Waals surface area contributed by atoms with Crippen LogP contribution in [0.4, 0.5) is 5.69 Å². The number of anilines is 1. The van der Waals surface area contributed by atoms with Gasteiger partial charge in [0.25, 0.3) is 0 Å². The highest BCUT2D eigenvalue weighted by Gasteiger charge is 2.27. The van der Waals surface area contributed by atoms with E-state index in [0.717, 1.165) is 16.8 Å². The van der Waals surface area contributed by atoms with Gasteiger partial charge in [-0.15, -0.1) is 0 Å². The smallest absolute Gasteiger partial charge is 0.244 e. The number of nitrogens with one attached hydrogen (secondary N) is 1. The Labute approximate surface area is 113 Å². The standard InChI is InChI=1S/C15H20N2O2/c1-10-7-14(19)17(8-10)9-13(18)16-15-11(2)5-4-6-12(15)3/h4-6,10H,7-9H2,1-3H3,(H,16,18). The molecule has 1 unspecified atom stereocenters. The number of para-hydroxylation sites is 1. The number of amides is 2. The Morgan fingerprint density at radius 2 is 2.00 bits per heavy atom. The molecule has 102 valence electrons. The number of likely N-dealkylation sites (tertiary alicyclic amines) is 1. The van der Waals surface area contributed by atoms with Crippen LogP contribution in [0.2, 0.25) is 0 Å². The van der Waals surface area contributed by atoms with Gasteiger partial charge in [0.05, 0.1) is 6.54 Å². The summed E-state index contributed by atoms with van der Waals surface area (Å²) in [7, 11) is 0. The number of hydrogen-bond acceptors (Lipinski definition) is 2. The molecule has 1 saturated heterocycles. The van der Waals surface area contributed by atoms with Crippen molar-refractivity contribution in [1.82, 2.24) is 4.90 Å². The summed E-state index contributed by atoms with van der Waals surface area (Å²) in [6.45, 7) is 6.79. The fraction of sp³-hybridized carbons (Fsp3) is 0.467. The largest absolute Gasteiger partial charge is 0.333 e. The summed E-state index contributed by atoms with van der Waals surface area (Å²) < 4.78 is 0. The van der Waals surface area contributed by atoms with Crippen LogP contribution in [-0.4, -0.2) is 29.8 Å². The molecular weight excluding hydrogens is 240 g/mol. The Bertz CT molecular complexity index is 491. The average molecular weight is 260 g/mol. The second-order valence-electron chi connectivity index (χ2n) is 5.40. The van der Waals surface area contributed by atoms with Gasteiger partial charge in [0.15, 0.2) is 0 Å². The van der Waals surface area contributed by atoms with E-state index in [-0.39, 0.29) is 18.4 Å². The van der Waals surface area contributed by atoms with Crippen LogP contribution >= 0.6 is 0 Å². The van der Waals surface area contributed by atoms with Gasteiger partial charge in [-0.25, -0.2) is 0 Å². The number of hydrogen-bond donors (Lipinski definition) is 1. The molecule has 0 saturated carbocycles. The van der Waals surface area contributed by atoms with Crippen molar-refractivity contribution in [2.45, 2.75) is 27.2 Å². The maximum absolute atomic E-state index is 12.0. The molecule has 0 aromatic heterocycles. The minimum Gasteiger partial charge on any atom is -0.333 e. The van der Waals surface area contributed by atoms with E-state index in [2.05, 4.69) is 5.32 Å². The summed E-state index contributed by atoms with van der Waals surface area (Å²) in [6.07, 6.45) is 0.552. The van der Waals surface area contributed by atoms with Crippen LogP contribution < -0.4 is 5.32 Å². The summed E-state index contributed by atoms with van der Waals surface area (Å²) >= 11 is 0. The third kappa shape index (κ3) is 3.13. The van der Waals surface area contributed by atoms with E-state index >= 15 is 0 Å². The van der Waals surface area contributed by atoms with E-state index in [1.165, 1.54) is 0 Å². The van der Waals surface area contributed by atoms with E-state index in [9.17, 15) is 9.59 Å². The molecule has 19 heavy (non-hydrogen) atoms. The van der Waals surface area contributed by atoms with E-state index in [0.29, 0.717) is 18.9 Å². The van der Waals surface area contributed by atoms with Crippen molar-refractivity contribution in [3.8, 4) is 0 Å². The summed E-state index contributed by atoms with van der Waals surface area (Å²) in [5.41, 5.74) is 2.93. The molecule has 1 aliphatic rings. The molecule has 1 N–H and O–H groups in total. The van der Waals surface area contributed by atoms with Crippen LogP contribution in [-0.2, 0) is 9.59 Å². The molecule has 0 aliphatic carbocycles. The lowest BCUT2D eigenvalue weighted by Crippen LogP contribution is -2.34. The second kappa shape index (κ2) is 5.43. The Morgan fingerprint density at radius 3 is 2.53 bits per heavy atom. The lowest BCUT2D eigenvalue weighted by atomic mass is 10.1. The first-order valence-electron chi connectivity index (χ1n) is 6.61. The van der Waals surface area contributed by atoms with Gasteiger partial charge in [0.2, 0.25) is 11.8 Å². The van der Waals surface area contributed by atoms with Gasteiger partial charge in [0.1, 0.15) is 0 Å². The second-order valence-corrected chi connectivity index (χ2v) is 5.40. The van der Waals surface area contributed by atoms with Crippen molar-refractivity contribution in [2.75, 3.05) is 18.4 Å². The molecule has 2 rings (SSSR count). The lowest BCUT2D eigenvalue weighted by molar-refractivity contribution is -0.131. The molecule has 2 amide bonds. The van der Waals surface area contributed by atoms with Gasteiger partial charge in [-0.2, -0.15) is 0 Å². The van der Waals surface area contributed by atoms with E-state index in [4.69, 9.17) is 0 Å². The minimum absolute atomic E-state index is 0.0733. The SMILES string of the molecule is Cc1cccc(C)c1NC(=O)CN1CC(C)CC1=O. The van der Waals surface area contributed by atoms with Crippen LogP contribution in [0.25, 0.3) is 0 Å². The highest BCUT2D eigenvalue weighted by molar-refractivity contribution is 5.96. The molecule has 1 aromatic carbocycles. The third-order valence-corrected chi connectivity index (χ3v) is 3.49. The molecule has 4 heteroatoms. The van der Waals surface area contributed by atoms with Gasteiger partial charge in [-0.1, -0.05) is 25.1 Å². The Balaban J connectivity index is 2.00. The van der Waals surface area contributed by atoms with Crippen LogP contribution in [0.15, 0.2) is 18.2 Å². The highest BCUT2D eigenvalue weighted by Crippen LogP contribution is 2.20. The maximum atomic E-state index is 12.0. The highest BCUT2D eigenvalue weighted by atomic mass is 16.2. The molecule has 0 bridgehead atoms. The van der Waals surface area contributed by atoms with Gasteiger partial charge < -0.3 is 10.2 Å². The number of aryl methyl sites for hydroxylation is 2. The van der Waals surface area contributed by atoms with Gasteiger partial charge in [0, 0.05) is 18.7 Å². The Kier molecular flexibility index (Phi) is 3.88. The minimum atomic E-state index is -0.125. The van der Waals surface area contributed by atoms with Crippen molar-refractivity contribution >= 4 is 17.5 Å². The Morgan fingerprint density at radius 1 is 1.37 bits per heavy atom. The number of nitrogens with zero attached hydrogens (tertiary/aromatic N) is 1. The normalized spacial score (nSPS) is 18.8. The summed E-state index contributed by atoms with van der Waals surface area (Å²) in [5.74, 6) is 0.296. The van der Waals surface area contributed by atoms with Gasteiger partial charge in [-0.05, 0) is 30.9 Å². The maximum Gasteiger partial charge on any atom is 0.244 e. The van der Waals surface area contributed by atoms with Crippen molar-refractivity contribution < 1.29 is 9.59 Å². The van der Waals surface area contributed by atoms with Crippen molar-refractivity contribution in [3.05, 3.63) is 29.3 Å². The Hall–Kier alpha value is -1.84. The molecule has 4 nitrogen and oxygen atoms in total. The third-order valence-electron chi connectivity index (χ3n) is 3.49. The molecular formula is C15H20N2O2. The summed E-state index contributed by atoms with van der Waals surface area (Å²) in [4.78, 5) is 25.3. The van der Waals surface area contributed by atoms with Crippen LogP contribution in [0, 0.1) is 19.8 Å². The van der Waals surface area contributed by atoms with Gasteiger partial charge in [-0.3, -0.25) is 9.59 Å². The zero-order valence-corrected chi connectivity index (χ0v) is 11.7. The first-order valence-corrected chi connectivity index (χ1v) is 6.61. The number of rotatable bonds is 3. The fourth-order valence-electron chi connectivity index (χ4n) is 2.49. The first kappa shape index (κ1) is 13.6. The summed E-state index contributed by atoms with van der Waals surface area (Å²) in [5, 5.41) is 2.91. The molecule has 0 spiro atoms. The van der Waals surface area contributed by atoms with E-state index in [1.54, 1.807) is 4.90 Å². The van der Waals surface area contributed by atoms with E-state index < -0.39 is 0 Å². The van der Waals surface area contributed by atoms with E-state index in [1.807, 2.05) is 39.0 Å². The molecule has 1 aromatic rings. The van der Waals surface area contributed by atoms with Crippen LogP contribution in [0.3, 0.4) is 0 Å². The van der Waals surface area contributed by atoms with Crippen molar-refractivity contribution in [2.24, 2.45) is 5.92 Å². The molecule has 1 aliphatic heterocycles. The van der Waals surface area contributed by atoms with Crippen LogP contribution in [0.1, 0.15) is 24.5 Å². The fourth-order valence-corrected chi connectivity index (χ4v) is 2.49. The topological polar surface area (TPSA) is 49.4 Å². The lowest BCUT2D eigenvalue weighted by Gasteiger charge is -2.17. The predicted octanol–water partition coefficient (Wildman–Crippen LogP) is 2.11. The average Bonchev–Trinajstić information content (AvgIpc) is 2.63. The molecule has 1 atom stereocenters. The quantitative estimate of drug-likeness (QED) is 0.905. The zero-order valence-electron chi connectivity index (χ0n) is 11.7. The first-order chi connectivity index (χ1) is 8.97. The molecule has 0 radical (unpaired) electrons. The summed E-state index contributed by atoms with van der Waals surface area (Å²) in [6, 6.07) is 5.89. The number of carbonyl (C=O) groups is 2. The predicted molar refractivity (Wildman–Crippen MR) is 74.9 cm³/mol. The molecule has 1 heterocycles. The number of carbonyl (C=O) groups excluding carboxylic acids is 2. The van der Waals surface area contributed by atoms with Crippen molar-refractivity contribution in [1.29, 1.82) is 0 Å². The monoisotopic (exact) mass is 260 g/mol. The zero-order chi connectivity index (χ0) is 14.0. The molecule has 1 fully saturated rings.